The summed E-state index contributed by atoms with van der Waals surface area (Å²) in [6.07, 6.45) is 0. The zero-order valence-electron chi connectivity index (χ0n) is 20.8. The van der Waals surface area contributed by atoms with Crippen molar-refractivity contribution >= 4 is 38.9 Å². The summed E-state index contributed by atoms with van der Waals surface area (Å²) in [5.74, 6) is -0.0929. The number of rotatable bonds is 6. The molecule has 5 rings (SSSR count). The summed E-state index contributed by atoms with van der Waals surface area (Å²) in [4.78, 5) is 17.1. The lowest BCUT2D eigenvalue weighted by Gasteiger charge is -2.37. The number of halogens is 2. The number of fused-ring (bicyclic) bond motifs is 1. The molecule has 3 aromatic carbocycles. The maximum absolute atomic E-state index is 13.8. The summed E-state index contributed by atoms with van der Waals surface area (Å²) in [7, 11) is -4.20. The first-order valence-electron chi connectivity index (χ1n) is 12.2. The highest BCUT2D eigenvalue weighted by atomic mass is 35.5. The van der Waals surface area contributed by atoms with E-state index in [1.807, 2.05) is 25.1 Å². The Labute approximate surface area is 226 Å². The minimum Gasteiger partial charge on any atom is -0.486 e. The first-order chi connectivity index (χ1) is 18.2. The zero-order chi connectivity index (χ0) is 26.9. The molecule has 0 N–H and O–H groups in total. The third-order valence-electron chi connectivity index (χ3n) is 6.64. The van der Waals surface area contributed by atoms with Gasteiger partial charge in [-0.15, -0.1) is 0 Å². The molecule has 0 radical (unpaired) electrons. The summed E-state index contributed by atoms with van der Waals surface area (Å²) < 4.78 is 53.3. The maximum atomic E-state index is 13.8. The van der Waals surface area contributed by atoms with Crippen molar-refractivity contribution in [3.63, 3.8) is 0 Å². The van der Waals surface area contributed by atoms with Gasteiger partial charge in [-0.1, -0.05) is 17.7 Å². The number of aryl methyl sites for hydroxylation is 1. The lowest BCUT2D eigenvalue weighted by Crippen LogP contribution is -2.52. The van der Waals surface area contributed by atoms with Crippen LogP contribution in [-0.2, 0) is 14.8 Å². The molecule has 1 amide bonds. The van der Waals surface area contributed by atoms with Crippen LogP contribution in [0.2, 0.25) is 5.02 Å². The number of amides is 1. The molecule has 2 aliphatic heterocycles. The van der Waals surface area contributed by atoms with Gasteiger partial charge in [-0.2, -0.15) is 0 Å². The largest absolute Gasteiger partial charge is 0.486 e. The van der Waals surface area contributed by atoms with Gasteiger partial charge in [0.05, 0.1) is 10.6 Å². The highest BCUT2D eigenvalue weighted by Crippen LogP contribution is 2.34. The predicted octanol–water partition coefficient (Wildman–Crippen LogP) is 4.10. The van der Waals surface area contributed by atoms with Gasteiger partial charge in [0.2, 0.25) is 5.91 Å². The van der Waals surface area contributed by atoms with E-state index in [1.54, 1.807) is 4.90 Å². The summed E-state index contributed by atoms with van der Waals surface area (Å²) in [6.45, 7) is 4.26. The average Bonchev–Trinajstić information content (AvgIpc) is 2.93. The van der Waals surface area contributed by atoms with Crippen LogP contribution in [0.5, 0.6) is 11.5 Å². The van der Waals surface area contributed by atoms with E-state index < -0.39 is 22.4 Å². The Bertz CT molecular complexity index is 1440. The number of carbonyl (C=O) groups is 1. The average molecular weight is 560 g/mol. The van der Waals surface area contributed by atoms with Crippen LogP contribution in [0.1, 0.15) is 5.56 Å². The Morgan fingerprint density at radius 3 is 2.34 bits per heavy atom. The maximum Gasteiger partial charge on any atom is 0.264 e. The minimum atomic E-state index is -4.20. The molecule has 0 atom stereocenters. The Morgan fingerprint density at radius 1 is 0.947 bits per heavy atom. The summed E-state index contributed by atoms with van der Waals surface area (Å²) in [5.41, 5.74) is 2.28. The second-order valence-corrected chi connectivity index (χ2v) is 11.4. The van der Waals surface area contributed by atoms with E-state index in [2.05, 4.69) is 4.90 Å². The van der Waals surface area contributed by atoms with Gasteiger partial charge in [0.15, 0.2) is 11.5 Å². The fourth-order valence-electron chi connectivity index (χ4n) is 4.58. The Balaban J connectivity index is 1.37. The van der Waals surface area contributed by atoms with Crippen molar-refractivity contribution in [1.29, 1.82) is 0 Å². The van der Waals surface area contributed by atoms with Crippen LogP contribution in [0.15, 0.2) is 65.6 Å². The van der Waals surface area contributed by atoms with E-state index in [0.717, 1.165) is 27.7 Å². The van der Waals surface area contributed by atoms with Crippen molar-refractivity contribution in [2.45, 2.75) is 11.8 Å². The van der Waals surface area contributed by atoms with Crippen molar-refractivity contribution < 1.29 is 27.1 Å². The molecule has 0 spiro atoms. The van der Waals surface area contributed by atoms with Crippen LogP contribution in [0.4, 0.5) is 15.8 Å². The number of hydrogen-bond donors (Lipinski definition) is 0. The summed E-state index contributed by atoms with van der Waals surface area (Å²) in [6, 6.07) is 15.1. The van der Waals surface area contributed by atoms with Gasteiger partial charge in [-0.3, -0.25) is 9.10 Å². The van der Waals surface area contributed by atoms with Gasteiger partial charge >= 0.3 is 0 Å². The van der Waals surface area contributed by atoms with Crippen molar-refractivity contribution in [1.82, 2.24) is 4.90 Å². The van der Waals surface area contributed by atoms with Crippen molar-refractivity contribution in [2.24, 2.45) is 0 Å². The molecule has 200 valence electrons. The van der Waals surface area contributed by atoms with Crippen molar-refractivity contribution in [3.8, 4) is 11.5 Å². The molecule has 8 nitrogen and oxygen atoms in total. The Kier molecular flexibility index (Phi) is 7.36. The topological polar surface area (TPSA) is 79.4 Å². The van der Waals surface area contributed by atoms with E-state index in [1.165, 1.54) is 30.3 Å². The highest BCUT2D eigenvalue weighted by molar-refractivity contribution is 7.92. The van der Waals surface area contributed by atoms with Gasteiger partial charge < -0.3 is 19.3 Å². The lowest BCUT2D eigenvalue weighted by atomic mass is 10.1. The predicted molar refractivity (Wildman–Crippen MR) is 143 cm³/mol. The normalized spacial score (nSPS) is 15.3. The van der Waals surface area contributed by atoms with E-state index >= 15 is 0 Å². The second kappa shape index (κ2) is 10.7. The zero-order valence-corrected chi connectivity index (χ0v) is 22.3. The monoisotopic (exact) mass is 559 g/mol. The smallest absolute Gasteiger partial charge is 0.264 e. The number of ether oxygens (including phenoxy) is 2. The molecule has 11 heteroatoms. The molecule has 0 aromatic heterocycles. The third kappa shape index (κ3) is 5.37. The summed E-state index contributed by atoms with van der Waals surface area (Å²) in [5, 5.41) is 0.642. The van der Waals surface area contributed by atoms with Gasteiger partial charge in [0.1, 0.15) is 25.6 Å². The number of hydrogen-bond acceptors (Lipinski definition) is 6. The van der Waals surface area contributed by atoms with E-state index in [0.29, 0.717) is 55.9 Å². The van der Waals surface area contributed by atoms with Gasteiger partial charge in [0.25, 0.3) is 10.0 Å². The molecule has 0 saturated carbocycles. The first kappa shape index (κ1) is 26.1. The van der Waals surface area contributed by atoms with Crippen LogP contribution < -0.4 is 18.7 Å². The summed E-state index contributed by atoms with van der Waals surface area (Å²) >= 11 is 6.18. The van der Waals surface area contributed by atoms with Gasteiger partial charge in [-0.05, 0) is 61.0 Å². The Morgan fingerprint density at radius 2 is 1.63 bits per heavy atom. The number of nitrogens with zero attached hydrogens (tertiary/aromatic N) is 3. The number of benzene rings is 3. The lowest BCUT2D eigenvalue weighted by molar-refractivity contribution is -0.129. The third-order valence-corrected chi connectivity index (χ3v) is 8.64. The molecule has 2 heterocycles. The van der Waals surface area contributed by atoms with Gasteiger partial charge in [-0.25, -0.2) is 12.8 Å². The van der Waals surface area contributed by atoms with Crippen molar-refractivity contribution in [3.05, 3.63) is 77.1 Å². The highest BCUT2D eigenvalue weighted by Gasteiger charge is 2.31. The van der Waals surface area contributed by atoms with Gasteiger partial charge in [0, 0.05) is 43.0 Å². The Hall–Kier alpha value is -3.50. The molecular formula is C27H27ClFN3O5S. The number of anilines is 2. The molecule has 1 saturated heterocycles. The molecule has 3 aromatic rings. The standard InChI is InChI=1S/C27H27ClFN3O5S/c1-19-2-3-20(28)16-24(19)30-10-12-31(13-11-30)27(33)18-32(22-6-4-21(29)5-7-22)38(34,35)23-8-9-25-26(17-23)37-15-14-36-25/h2-9,16-17H,10-15,18H2,1H3. The molecule has 0 unspecified atom stereocenters. The van der Waals surface area contributed by atoms with Crippen LogP contribution >= 0.6 is 11.6 Å². The quantitative estimate of drug-likeness (QED) is 0.452. The molecule has 0 bridgehead atoms. The van der Waals surface area contributed by atoms with Crippen LogP contribution in [0.3, 0.4) is 0 Å². The minimum absolute atomic E-state index is 0.0554. The first-order valence-corrected chi connectivity index (χ1v) is 14.0. The fourth-order valence-corrected chi connectivity index (χ4v) is 6.17. The van der Waals surface area contributed by atoms with Crippen LogP contribution in [-0.4, -0.2) is 65.2 Å². The number of piperazine rings is 1. The van der Waals surface area contributed by atoms with E-state index in [4.69, 9.17) is 21.1 Å². The number of sulfonamides is 1. The molecule has 0 aliphatic carbocycles. The van der Waals surface area contributed by atoms with Crippen molar-refractivity contribution in [2.75, 3.05) is 55.1 Å². The van der Waals surface area contributed by atoms with Crippen LogP contribution in [0.25, 0.3) is 0 Å². The molecule has 1 fully saturated rings. The SMILES string of the molecule is Cc1ccc(Cl)cc1N1CCN(C(=O)CN(c2ccc(F)cc2)S(=O)(=O)c2ccc3c(c2)OCCO3)CC1. The van der Waals surface area contributed by atoms with E-state index in [-0.39, 0.29) is 16.5 Å². The number of carbonyl (C=O) groups excluding carboxylic acids is 1. The van der Waals surface area contributed by atoms with E-state index in [9.17, 15) is 17.6 Å². The molecular weight excluding hydrogens is 533 g/mol. The second-order valence-electron chi connectivity index (χ2n) is 9.09. The molecule has 2 aliphatic rings. The fraction of sp³-hybridized carbons (Fsp3) is 0.296. The molecule has 38 heavy (non-hydrogen) atoms. The van der Waals surface area contributed by atoms with Crippen LogP contribution in [0, 0.1) is 12.7 Å².